The number of carbonyl (C=O) groups is 2. The molecule has 0 spiro atoms. The second-order valence-corrected chi connectivity index (χ2v) is 4.38. The third kappa shape index (κ3) is 4.05. The van der Waals surface area contributed by atoms with E-state index in [1.54, 1.807) is 13.0 Å². The van der Waals surface area contributed by atoms with Crippen molar-refractivity contribution in [2.75, 3.05) is 20.1 Å². The molecule has 4 nitrogen and oxygen atoms in total. The third-order valence-corrected chi connectivity index (χ3v) is 2.75. The lowest BCUT2D eigenvalue weighted by atomic mass is 10.1. The fourth-order valence-corrected chi connectivity index (χ4v) is 1.74. The maximum atomic E-state index is 13.8. The third-order valence-electron chi connectivity index (χ3n) is 2.75. The van der Waals surface area contributed by atoms with Gasteiger partial charge in [0, 0.05) is 13.6 Å². The number of likely N-dealkylation sites (N-methyl/N-ethyl adjacent to an activating group) is 1. The van der Waals surface area contributed by atoms with Crippen LogP contribution in [0, 0.1) is 12.7 Å². The van der Waals surface area contributed by atoms with Gasteiger partial charge in [0.25, 0.3) is 5.91 Å². The monoisotopic (exact) mass is 266 g/mol. The van der Waals surface area contributed by atoms with Crippen molar-refractivity contribution < 1.29 is 14.0 Å². The van der Waals surface area contributed by atoms with Crippen molar-refractivity contribution in [3.05, 3.63) is 35.1 Å². The van der Waals surface area contributed by atoms with Gasteiger partial charge in [-0.25, -0.2) is 4.39 Å². The fraction of sp³-hybridized carbons (Fsp3) is 0.429. The van der Waals surface area contributed by atoms with Crippen molar-refractivity contribution in [1.29, 1.82) is 0 Å². The largest absolute Gasteiger partial charge is 0.358 e. The van der Waals surface area contributed by atoms with Gasteiger partial charge in [0.15, 0.2) is 0 Å². The lowest BCUT2D eigenvalue weighted by Crippen LogP contribution is -2.40. The van der Waals surface area contributed by atoms with Crippen LogP contribution in [0.3, 0.4) is 0 Å². The molecule has 1 aromatic rings. The first-order valence-corrected chi connectivity index (χ1v) is 6.25. The molecule has 2 amide bonds. The molecule has 0 aliphatic carbocycles. The van der Waals surface area contributed by atoms with Crippen LogP contribution in [0.2, 0.25) is 0 Å². The first-order valence-electron chi connectivity index (χ1n) is 6.25. The zero-order chi connectivity index (χ0) is 14.4. The van der Waals surface area contributed by atoms with E-state index in [2.05, 4.69) is 5.32 Å². The van der Waals surface area contributed by atoms with Crippen LogP contribution >= 0.6 is 0 Å². The molecule has 1 N–H and O–H groups in total. The van der Waals surface area contributed by atoms with Gasteiger partial charge in [-0.2, -0.15) is 0 Å². The molecule has 0 heterocycles. The van der Waals surface area contributed by atoms with Gasteiger partial charge in [0.2, 0.25) is 5.91 Å². The molecule has 19 heavy (non-hydrogen) atoms. The first kappa shape index (κ1) is 15.1. The summed E-state index contributed by atoms with van der Waals surface area (Å²) in [6.45, 7) is 4.01. The molecule has 0 radical (unpaired) electrons. The molecule has 0 fully saturated rings. The average Bonchev–Trinajstić information content (AvgIpc) is 2.37. The van der Waals surface area contributed by atoms with Gasteiger partial charge < -0.3 is 10.2 Å². The fourth-order valence-electron chi connectivity index (χ4n) is 1.74. The zero-order valence-corrected chi connectivity index (χ0v) is 11.5. The summed E-state index contributed by atoms with van der Waals surface area (Å²) in [6, 6.07) is 4.46. The van der Waals surface area contributed by atoms with Crippen molar-refractivity contribution in [3.63, 3.8) is 0 Å². The van der Waals surface area contributed by atoms with Crippen molar-refractivity contribution in [1.82, 2.24) is 10.2 Å². The number of amides is 2. The molecular formula is C14H19FN2O2. The van der Waals surface area contributed by atoms with Crippen molar-refractivity contribution in [2.45, 2.75) is 20.3 Å². The second-order valence-electron chi connectivity index (χ2n) is 4.38. The molecule has 1 rings (SSSR count). The van der Waals surface area contributed by atoms with Gasteiger partial charge in [-0.3, -0.25) is 9.59 Å². The summed E-state index contributed by atoms with van der Waals surface area (Å²) in [5.74, 6) is -1.28. The van der Waals surface area contributed by atoms with Gasteiger partial charge in [-0.15, -0.1) is 0 Å². The smallest absolute Gasteiger partial charge is 0.257 e. The molecule has 1 aromatic carbocycles. The Morgan fingerprint density at radius 3 is 2.58 bits per heavy atom. The second kappa shape index (κ2) is 6.87. The molecule has 5 heteroatoms. The van der Waals surface area contributed by atoms with E-state index < -0.39 is 11.7 Å². The molecule has 0 saturated carbocycles. The Bertz CT molecular complexity index is 475. The molecular weight excluding hydrogens is 247 g/mol. The Hall–Kier alpha value is -1.91. The molecule has 104 valence electrons. The van der Waals surface area contributed by atoms with Crippen LogP contribution in [0.5, 0.6) is 0 Å². The highest BCUT2D eigenvalue weighted by Crippen LogP contribution is 2.13. The van der Waals surface area contributed by atoms with Crippen molar-refractivity contribution in [3.8, 4) is 0 Å². The highest BCUT2D eigenvalue weighted by molar-refractivity contribution is 5.96. The number of hydrogen-bond acceptors (Lipinski definition) is 2. The van der Waals surface area contributed by atoms with E-state index in [1.165, 1.54) is 24.1 Å². The number of aryl methyl sites for hydroxylation is 1. The average molecular weight is 266 g/mol. The number of carbonyl (C=O) groups excluding carboxylic acids is 2. The van der Waals surface area contributed by atoms with Gasteiger partial charge in [0.05, 0.1) is 12.1 Å². The molecule has 0 aliphatic rings. The predicted molar refractivity (Wildman–Crippen MR) is 71.4 cm³/mol. The topological polar surface area (TPSA) is 49.4 Å². The SMILES string of the molecule is CCCN(CC(=O)NC)C(=O)c1ccc(C)cc1F. The van der Waals surface area contributed by atoms with Gasteiger partial charge >= 0.3 is 0 Å². The van der Waals surface area contributed by atoms with Gasteiger partial charge in [-0.1, -0.05) is 13.0 Å². The quantitative estimate of drug-likeness (QED) is 0.882. The zero-order valence-electron chi connectivity index (χ0n) is 11.5. The van der Waals surface area contributed by atoms with Crippen LogP contribution in [0.25, 0.3) is 0 Å². The Morgan fingerprint density at radius 1 is 1.37 bits per heavy atom. The highest BCUT2D eigenvalue weighted by atomic mass is 19.1. The predicted octanol–water partition coefficient (Wildman–Crippen LogP) is 1.73. The summed E-state index contributed by atoms with van der Waals surface area (Å²) in [6.07, 6.45) is 0.705. The van der Waals surface area contributed by atoms with Crippen LogP contribution in [-0.4, -0.2) is 36.9 Å². The van der Waals surface area contributed by atoms with Crippen molar-refractivity contribution >= 4 is 11.8 Å². The van der Waals surface area contributed by atoms with E-state index >= 15 is 0 Å². The Kier molecular flexibility index (Phi) is 5.48. The van der Waals surface area contributed by atoms with Crippen LogP contribution < -0.4 is 5.32 Å². The van der Waals surface area contributed by atoms with E-state index in [-0.39, 0.29) is 18.0 Å². The van der Waals surface area contributed by atoms with Crippen LogP contribution in [0.1, 0.15) is 29.3 Å². The number of benzene rings is 1. The van der Waals surface area contributed by atoms with E-state index in [9.17, 15) is 14.0 Å². The minimum atomic E-state index is -0.553. The maximum absolute atomic E-state index is 13.8. The van der Waals surface area contributed by atoms with Gasteiger partial charge in [-0.05, 0) is 31.0 Å². The summed E-state index contributed by atoms with van der Waals surface area (Å²) in [4.78, 5) is 25.0. The Balaban J connectivity index is 2.95. The molecule has 0 atom stereocenters. The van der Waals surface area contributed by atoms with E-state index in [1.807, 2.05) is 6.92 Å². The number of rotatable bonds is 5. The summed E-state index contributed by atoms with van der Waals surface area (Å²) < 4.78 is 13.8. The van der Waals surface area contributed by atoms with Crippen LogP contribution in [0.15, 0.2) is 18.2 Å². The minimum absolute atomic E-state index is 0.00273. The summed E-state index contributed by atoms with van der Waals surface area (Å²) in [5, 5.41) is 2.46. The van der Waals surface area contributed by atoms with E-state index in [0.29, 0.717) is 13.0 Å². The van der Waals surface area contributed by atoms with Crippen LogP contribution in [-0.2, 0) is 4.79 Å². The summed E-state index contributed by atoms with van der Waals surface area (Å²) >= 11 is 0. The normalized spacial score (nSPS) is 10.1. The number of nitrogens with one attached hydrogen (secondary N) is 1. The number of halogens is 1. The van der Waals surface area contributed by atoms with E-state index in [4.69, 9.17) is 0 Å². The van der Waals surface area contributed by atoms with Gasteiger partial charge in [0.1, 0.15) is 5.82 Å². The lowest BCUT2D eigenvalue weighted by Gasteiger charge is -2.21. The molecule has 0 saturated heterocycles. The Labute approximate surface area is 112 Å². The lowest BCUT2D eigenvalue weighted by molar-refractivity contribution is -0.121. The first-order chi connectivity index (χ1) is 8.99. The Morgan fingerprint density at radius 2 is 2.05 bits per heavy atom. The number of hydrogen-bond donors (Lipinski definition) is 1. The summed E-state index contributed by atoms with van der Waals surface area (Å²) in [5.41, 5.74) is 0.755. The number of nitrogens with zero attached hydrogens (tertiary/aromatic N) is 1. The maximum Gasteiger partial charge on any atom is 0.257 e. The van der Waals surface area contributed by atoms with Crippen LogP contribution in [0.4, 0.5) is 4.39 Å². The summed E-state index contributed by atoms with van der Waals surface area (Å²) in [7, 11) is 1.50. The molecule has 0 aromatic heterocycles. The van der Waals surface area contributed by atoms with E-state index in [0.717, 1.165) is 5.56 Å². The minimum Gasteiger partial charge on any atom is -0.358 e. The highest BCUT2D eigenvalue weighted by Gasteiger charge is 2.20. The van der Waals surface area contributed by atoms with Crippen molar-refractivity contribution in [2.24, 2.45) is 0 Å². The molecule has 0 unspecified atom stereocenters. The molecule has 0 bridgehead atoms. The molecule has 0 aliphatic heterocycles. The standard InChI is InChI=1S/C14H19FN2O2/c1-4-7-17(9-13(18)16-3)14(19)11-6-5-10(2)8-12(11)15/h5-6,8H,4,7,9H2,1-3H3,(H,16,18).